The van der Waals surface area contributed by atoms with Gasteiger partial charge in [0.15, 0.2) is 0 Å². The van der Waals surface area contributed by atoms with E-state index in [0.717, 1.165) is 12.1 Å². The number of urea groups is 1. The van der Waals surface area contributed by atoms with Crippen LogP contribution in [0.3, 0.4) is 0 Å². The van der Waals surface area contributed by atoms with Gasteiger partial charge in [0.05, 0.1) is 18.9 Å². The third-order valence-electron chi connectivity index (χ3n) is 3.16. The van der Waals surface area contributed by atoms with E-state index in [4.69, 9.17) is 10.2 Å². The molecule has 0 aromatic heterocycles. The summed E-state index contributed by atoms with van der Waals surface area (Å²) in [5, 5.41) is 25.1. The van der Waals surface area contributed by atoms with E-state index in [1.165, 1.54) is 12.1 Å². The SMILES string of the molecule is O=C(Nc1cc(F)cc(NCCO)c1)Nc1cc(F)cc(F)c1CO. The van der Waals surface area contributed by atoms with Gasteiger partial charge in [-0.2, -0.15) is 0 Å². The molecule has 6 nitrogen and oxygen atoms in total. The number of anilines is 3. The maximum absolute atomic E-state index is 13.6. The molecule has 0 saturated carbocycles. The Morgan fingerprint density at radius 2 is 1.60 bits per heavy atom. The smallest absolute Gasteiger partial charge is 0.323 e. The molecule has 2 aromatic rings. The first-order valence-corrected chi connectivity index (χ1v) is 7.25. The van der Waals surface area contributed by atoms with Gasteiger partial charge in [-0.15, -0.1) is 0 Å². The minimum Gasteiger partial charge on any atom is -0.395 e. The van der Waals surface area contributed by atoms with Crippen molar-refractivity contribution in [3.63, 3.8) is 0 Å². The van der Waals surface area contributed by atoms with E-state index in [2.05, 4.69) is 16.0 Å². The van der Waals surface area contributed by atoms with Crippen LogP contribution in [0.2, 0.25) is 0 Å². The number of benzene rings is 2. The minimum absolute atomic E-state index is 0.0837. The van der Waals surface area contributed by atoms with Crippen molar-refractivity contribution in [3.8, 4) is 0 Å². The highest BCUT2D eigenvalue weighted by atomic mass is 19.1. The molecule has 0 heterocycles. The van der Waals surface area contributed by atoms with Gasteiger partial charge >= 0.3 is 6.03 Å². The summed E-state index contributed by atoms with van der Waals surface area (Å²) in [6, 6.07) is 4.19. The second-order valence-corrected chi connectivity index (χ2v) is 5.03. The topological polar surface area (TPSA) is 93.6 Å². The van der Waals surface area contributed by atoms with Crippen molar-refractivity contribution in [3.05, 3.63) is 53.3 Å². The lowest BCUT2D eigenvalue weighted by Crippen LogP contribution is -2.21. The van der Waals surface area contributed by atoms with Crippen LogP contribution in [0.1, 0.15) is 5.56 Å². The molecule has 9 heteroatoms. The molecule has 2 aromatic carbocycles. The summed E-state index contributed by atoms with van der Waals surface area (Å²) in [6.07, 6.45) is 0. The summed E-state index contributed by atoms with van der Waals surface area (Å²) in [5.74, 6) is -2.56. The van der Waals surface area contributed by atoms with E-state index in [1.807, 2.05) is 0 Å². The number of aliphatic hydroxyl groups is 2. The quantitative estimate of drug-likeness (QED) is 0.551. The number of amides is 2. The normalized spacial score (nSPS) is 10.4. The Morgan fingerprint density at radius 1 is 0.920 bits per heavy atom. The van der Waals surface area contributed by atoms with Gasteiger partial charge in [-0.25, -0.2) is 18.0 Å². The van der Waals surface area contributed by atoms with Gasteiger partial charge in [0.2, 0.25) is 0 Å². The molecule has 134 valence electrons. The van der Waals surface area contributed by atoms with Gasteiger partial charge in [-0.05, 0) is 24.3 Å². The van der Waals surface area contributed by atoms with Gasteiger partial charge in [0.1, 0.15) is 17.5 Å². The third-order valence-corrected chi connectivity index (χ3v) is 3.16. The zero-order valence-corrected chi connectivity index (χ0v) is 12.9. The fourth-order valence-corrected chi connectivity index (χ4v) is 2.12. The number of halogens is 3. The predicted octanol–water partition coefficient (Wildman–Crippen LogP) is 2.64. The zero-order valence-electron chi connectivity index (χ0n) is 12.9. The van der Waals surface area contributed by atoms with Crippen molar-refractivity contribution in [2.75, 3.05) is 29.1 Å². The lowest BCUT2D eigenvalue weighted by atomic mass is 10.1. The molecule has 25 heavy (non-hydrogen) atoms. The molecule has 0 unspecified atom stereocenters. The van der Waals surface area contributed by atoms with Crippen molar-refractivity contribution >= 4 is 23.1 Å². The summed E-state index contributed by atoms with van der Waals surface area (Å²) in [5.41, 5.74) is -0.105. The number of rotatable bonds is 6. The molecule has 2 amide bonds. The van der Waals surface area contributed by atoms with Crippen LogP contribution in [-0.2, 0) is 6.61 Å². The summed E-state index contributed by atoms with van der Waals surface area (Å²) < 4.78 is 40.4. The lowest BCUT2D eigenvalue weighted by Gasteiger charge is -2.13. The molecule has 0 fully saturated rings. The van der Waals surface area contributed by atoms with Crippen LogP contribution in [0, 0.1) is 17.5 Å². The van der Waals surface area contributed by atoms with E-state index in [0.29, 0.717) is 11.8 Å². The van der Waals surface area contributed by atoms with Crippen molar-refractivity contribution in [1.29, 1.82) is 0 Å². The number of aliphatic hydroxyl groups excluding tert-OH is 2. The molecular formula is C16H16F3N3O3. The fraction of sp³-hybridized carbons (Fsp3) is 0.188. The van der Waals surface area contributed by atoms with Crippen molar-refractivity contribution in [1.82, 2.24) is 0 Å². The Hall–Kier alpha value is -2.78. The highest BCUT2D eigenvalue weighted by Gasteiger charge is 2.13. The molecular weight excluding hydrogens is 339 g/mol. The van der Waals surface area contributed by atoms with Crippen molar-refractivity contribution in [2.24, 2.45) is 0 Å². The fourth-order valence-electron chi connectivity index (χ4n) is 2.12. The van der Waals surface area contributed by atoms with Crippen molar-refractivity contribution in [2.45, 2.75) is 6.61 Å². The molecule has 0 spiro atoms. The van der Waals surface area contributed by atoms with E-state index < -0.39 is 30.1 Å². The van der Waals surface area contributed by atoms with Gasteiger partial charge in [0, 0.05) is 29.5 Å². The summed E-state index contributed by atoms with van der Waals surface area (Å²) in [6.45, 7) is -0.705. The van der Waals surface area contributed by atoms with Gasteiger partial charge in [-0.3, -0.25) is 0 Å². The Labute approximate surface area is 141 Å². The summed E-state index contributed by atoms with van der Waals surface area (Å²) in [4.78, 5) is 12.0. The minimum atomic E-state index is -1.00. The third kappa shape index (κ3) is 5.10. The maximum atomic E-state index is 13.6. The molecule has 0 aliphatic heterocycles. The second-order valence-electron chi connectivity index (χ2n) is 5.03. The van der Waals surface area contributed by atoms with Crippen LogP contribution >= 0.6 is 0 Å². The van der Waals surface area contributed by atoms with E-state index >= 15 is 0 Å². The van der Waals surface area contributed by atoms with Crippen molar-refractivity contribution < 1.29 is 28.2 Å². The summed E-state index contributed by atoms with van der Waals surface area (Å²) >= 11 is 0. The lowest BCUT2D eigenvalue weighted by molar-refractivity contribution is 0.261. The van der Waals surface area contributed by atoms with E-state index in [-0.39, 0.29) is 30.1 Å². The van der Waals surface area contributed by atoms with Crippen LogP contribution in [0.5, 0.6) is 0 Å². The van der Waals surface area contributed by atoms with E-state index in [1.54, 1.807) is 0 Å². The van der Waals surface area contributed by atoms with Crippen LogP contribution in [-0.4, -0.2) is 29.4 Å². The Bertz CT molecular complexity index is 772. The molecule has 0 bridgehead atoms. The number of hydrogen-bond donors (Lipinski definition) is 5. The van der Waals surface area contributed by atoms with Gasteiger partial charge in [0.25, 0.3) is 0 Å². The standard InChI is InChI=1S/C16H16F3N3O3/c17-9-3-11(20-1-2-23)7-12(4-9)21-16(25)22-15-6-10(18)5-14(19)13(15)8-24/h3-7,20,23-24H,1-2,8H2,(H2,21,22,25). The average Bonchev–Trinajstić information content (AvgIpc) is 2.51. The second kappa shape index (κ2) is 8.36. The summed E-state index contributed by atoms with van der Waals surface area (Å²) in [7, 11) is 0. The number of carbonyl (C=O) groups excluding carboxylic acids is 1. The Balaban J connectivity index is 2.14. The molecule has 5 N–H and O–H groups in total. The predicted molar refractivity (Wildman–Crippen MR) is 86.9 cm³/mol. The Morgan fingerprint density at radius 3 is 2.28 bits per heavy atom. The molecule has 2 rings (SSSR count). The molecule has 0 atom stereocenters. The number of carbonyl (C=O) groups is 1. The van der Waals surface area contributed by atoms with Crippen LogP contribution in [0.4, 0.5) is 35.0 Å². The molecule has 0 aliphatic rings. The van der Waals surface area contributed by atoms with Crippen LogP contribution < -0.4 is 16.0 Å². The van der Waals surface area contributed by atoms with Gasteiger partial charge < -0.3 is 26.2 Å². The molecule has 0 aliphatic carbocycles. The van der Waals surface area contributed by atoms with Crippen LogP contribution in [0.15, 0.2) is 30.3 Å². The largest absolute Gasteiger partial charge is 0.395 e. The highest BCUT2D eigenvalue weighted by Crippen LogP contribution is 2.22. The van der Waals surface area contributed by atoms with Crippen LogP contribution in [0.25, 0.3) is 0 Å². The highest BCUT2D eigenvalue weighted by molar-refractivity contribution is 6.00. The van der Waals surface area contributed by atoms with E-state index in [9.17, 15) is 18.0 Å². The zero-order chi connectivity index (χ0) is 18.4. The van der Waals surface area contributed by atoms with Gasteiger partial charge in [-0.1, -0.05) is 0 Å². The first-order chi connectivity index (χ1) is 11.9. The average molecular weight is 355 g/mol. The Kier molecular flexibility index (Phi) is 6.20. The monoisotopic (exact) mass is 355 g/mol. The number of hydrogen-bond acceptors (Lipinski definition) is 4. The first-order valence-electron chi connectivity index (χ1n) is 7.25. The number of nitrogens with one attached hydrogen (secondary N) is 3. The first kappa shape index (κ1) is 18.6. The molecule has 0 radical (unpaired) electrons. The maximum Gasteiger partial charge on any atom is 0.323 e. The molecule has 0 saturated heterocycles.